The lowest BCUT2D eigenvalue weighted by molar-refractivity contribution is -0.229. The molecule has 4 N–H and O–H groups in total. The van der Waals surface area contributed by atoms with Crippen molar-refractivity contribution in [3.8, 4) is 33.6 Å². The largest absolute Gasteiger partial charge is 0.616 e. The average molecular weight is 847 g/mol. The molecule has 0 spiro atoms. The van der Waals surface area contributed by atoms with Gasteiger partial charge in [0.05, 0.1) is 61.7 Å². The molecule has 316 valence electrons. The first-order valence-electron chi connectivity index (χ1n) is 19.8. The fraction of sp³-hybridized carbons (Fsp3) is 0.476. The summed E-state index contributed by atoms with van der Waals surface area (Å²) in [5, 5.41) is 9.49. The number of aromatic nitrogens is 4. The van der Waals surface area contributed by atoms with Gasteiger partial charge in [-0.2, -0.15) is 17.5 Å². The number of carbonyl (C=O) groups excluding carboxylic acids is 3. The molecule has 15 nitrogen and oxygen atoms in total. The molecule has 4 aromatic rings. The highest BCUT2D eigenvalue weighted by Crippen LogP contribution is 2.38. The van der Waals surface area contributed by atoms with Crippen molar-refractivity contribution in [2.75, 3.05) is 38.8 Å². The Morgan fingerprint density at radius 3 is 1.88 bits per heavy atom. The molecule has 6 rings (SSSR count). The van der Waals surface area contributed by atoms with Gasteiger partial charge in [0.15, 0.2) is 0 Å². The third kappa shape index (κ3) is 9.97. The Morgan fingerprint density at radius 2 is 1.41 bits per heavy atom. The van der Waals surface area contributed by atoms with E-state index in [1.165, 1.54) is 7.11 Å². The Kier molecular flexibility index (Phi) is 14.4. The van der Waals surface area contributed by atoms with Crippen LogP contribution >= 0.6 is 12.6 Å². The maximum Gasteiger partial charge on any atom is 0.407 e. The van der Waals surface area contributed by atoms with Gasteiger partial charge in [-0.3, -0.25) is 15.0 Å². The molecule has 2 fully saturated rings. The van der Waals surface area contributed by atoms with Gasteiger partial charge in [0.1, 0.15) is 29.5 Å². The second kappa shape index (κ2) is 19.5. The van der Waals surface area contributed by atoms with Crippen LogP contribution in [0.1, 0.15) is 64.3 Å². The molecular weight excluding hydrogens is 793 g/mol. The van der Waals surface area contributed by atoms with Crippen LogP contribution in [0.3, 0.4) is 0 Å². The van der Waals surface area contributed by atoms with Crippen molar-refractivity contribution < 1.29 is 33.4 Å². The fourth-order valence-corrected chi connectivity index (χ4v) is 8.96. The van der Waals surface area contributed by atoms with Gasteiger partial charge < -0.3 is 39.3 Å². The van der Waals surface area contributed by atoms with Crippen LogP contribution in [0.25, 0.3) is 33.6 Å². The number of nitrogens with zero attached hydrogens (tertiary/aromatic N) is 4. The molecule has 0 bridgehead atoms. The van der Waals surface area contributed by atoms with Crippen LogP contribution in [0.2, 0.25) is 0 Å². The number of methoxy groups -OCH3 is 1. The molecule has 2 aromatic heterocycles. The minimum Gasteiger partial charge on any atom is -0.616 e. The molecule has 0 aliphatic carbocycles. The number of nitrogens with one attached hydrogen (secondary N) is 4. The number of hydrogen-bond acceptors (Lipinski definition) is 11. The van der Waals surface area contributed by atoms with E-state index in [4.69, 9.17) is 20.0 Å². The quantitative estimate of drug-likeness (QED) is 0.0166. The normalized spacial score (nSPS) is 20.8. The van der Waals surface area contributed by atoms with Gasteiger partial charge >= 0.3 is 6.09 Å². The van der Waals surface area contributed by atoms with Crippen molar-refractivity contribution in [3.63, 3.8) is 0 Å². The molecule has 1 unspecified atom stereocenters. The molecular formula is C42H54N8O7S2. The number of hydrogen-bond donors (Lipinski definition) is 5. The van der Waals surface area contributed by atoms with E-state index in [1.54, 1.807) is 23.5 Å². The van der Waals surface area contributed by atoms with E-state index in [0.717, 1.165) is 45.9 Å². The average Bonchev–Trinajstić information content (AvgIpc) is 4.07. The molecule has 4 heterocycles. The topological polar surface area (TPSA) is 202 Å². The van der Waals surface area contributed by atoms with Crippen molar-refractivity contribution in [2.45, 2.75) is 63.9 Å². The summed E-state index contributed by atoms with van der Waals surface area (Å²) >= 11 is 3.39. The summed E-state index contributed by atoms with van der Waals surface area (Å²) in [6.45, 7) is 8.57. The van der Waals surface area contributed by atoms with Crippen molar-refractivity contribution >= 4 is 48.1 Å². The van der Waals surface area contributed by atoms with E-state index in [2.05, 4.69) is 49.9 Å². The molecule has 0 saturated carbocycles. The molecule has 0 radical (unpaired) electrons. The lowest BCUT2D eigenvalue weighted by Crippen LogP contribution is -2.51. The van der Waals surface area contributed by atoms with Crippen LogP contribution in [0.15, 0.2) is 60.9 Å². The number of H-pyrrole nitrogens is 2. The van der Waals surface area contributed by atoms with Crippen LogP contribution in [0.5, 0.6) is 0 Å². The van der Waals surface area contributed by atoms with Gasteiger partial charge in [-0.1, -0.05) is 87.4 Å². The van der Waals surface area contributed by atoms with E-state index in [-0.39, 0.29) is 47.5 Å². The van der Waals surface area contributed by atoms with Gasteiger partial charge in [0, 0.05) is 13.0 Å². The first-order chi connectivity index (χ1) is 28.3. The Morgan fingerprint density at radius 1 is 0.881 bits per heavy atom. The van der Waals surface area contributed by atoms with Crippen LogP contribution in [0.4, 0.5) is 4.79 Å². The minimum absolute atomic E-state index is 0.00551. The second-order valence-corrected chi connectivity index (χ2v) is 17.9. The van der Waals surface area contributed by atoms with Gasteiger partial charge in [-0.25, -0.2) is 14.8 Å². The number of carbonyl (C=O) groups is 3. The number of benzene rings is 2. The molecule has 7 atom stereocenters. The maximum atomic E-state index is 13.8. The van der Waals surface area contributed by atoms with Crippen molar-refractivity contribution in [3.05, 3.63) is 72.6 Å². The van der Waals surface area contributed by atoms with Crippen LogP contribution in [0, 0.1) is 29.1 Å². The van der Waals surface area contributed by atoms with Gasteiger partial charge in [-0.05, 0) is 52.2 Å². The zero-order chi connectivity index (χ0) is 42.4. The monoisotopic (exact) mass is 846 g/mol. The smallest absolute Gasteiger partial charge is 0.407 e. The number of likely N-dealkylation sites (tertiary alicyclic amines) is 2. The number of rotatable bonds is 16. The minimum atomic E-state index is -1.16. The predicted octanol–water partition coefficient (Wildman–Crippen LogP) is 6.18. The van der Waals surface area contributed by atoms with E-state index in [9.17, 15) is 18.9 Å². The van der Waals surface area contributed by atoms with Crippen LogP contribution in [-0.2, 0) is 35.3 Å². The zero-order valence-electron chi connectivity index (χ0n) is 34.2. The van der Waals surface area contributed by atoms with Gasteiger partial charge in [-0.15, -0.1) is 0 Å². The molecule has 2 aliphatic heterocycles. The standard InChI is InChI=1S/C42H54N8O7S2/c1-24(2)32(21-56-57-23-43)40(51)49-19-26(22-58)15-35(49)38-44-17-33(46-38)29-11-7-27(8-12-29)28-9-13-30(14-10-28)34-18-45-39(47-34)36-16-31(59(6)54)20-50(36)41(52)37(25(3)4)48-42(53)55-5/h7-14,17-18,23-26,31-32,35-37,43,58H,15-16,19-22H2,1-6H3,(H,44,46)(H,45,47)(H,48,53)/t26-,31-,32-,35-,36-,37-,59?/m0/s1. The molecule has 2 saturated heterocycles. The number of thiol groups is 1. The third-order valence-electron chi connectivity index (χ3n) is 11.4. The predicted molar refractivity (Wildman–Crippen MR) is 229 cm³/mol. The third-order valence-corrected chi connectivity index (χ3v) is 13.2. The number of amides is 3. The number of aromatic amines is 2. The lowest BCUT2D eigenvalue weighted by atomic mass is 9.95. The van der Waals surface area contributed by atoms with E-state index in [1.807, 2.05) is 69.0 Å². The molecule has 2 aromatic carbocycles. The van der Waals surface area contributed by atoms with E-state index >= 15 is 0 Å². The highest BCUT2D eigenvalue weighted by Gasteiger charge is 2.45. The second-order valence-electron chi connectivity index (χ2n) is 15.9. The summed E-state index contributed by atoms with van der Waals surface area (Å²) in [7, 11) is 1.26. The first-order valence-corrected chi connectivity index (χ1v) is 22.1. The number of ether oxygens (including phenoxy) is 1. The summed E-state index contributed by atoms with van der Waals surface area (Å²) in [5.41, 5.74) is 5.56. The van der Waals surface area contributed by atoms with Crippen molar-refractivity contribution in [1.82, 2.24) is 35.1 Å². The molecule has 2 aliphatic rings. The van der Waals surface area contributed by atoms with Crippen molar-refractivity contribution in [1.29, 1.82) is 5.41 Å². The number of alkyl carbamates (subject to hydrolysis) is 1. The van der Waals surface area contributed by atoms with Crippen LogP contribution in [-0.4, -0.2) is 109 Å². The summed E-state index contributed by atoms with van der Waals surface area (Å²) < 4.78 is 17.3. The van der Waals surface area contributed by atoms with Crippen LogP contribution < -0.4 is 5.32 Å². The highest BCUT2D eigenvalue weighted by molar-refractivity contribution is 7.91. The van der Waals surface area contributed by atoms with E-state index in [0.29, 0.717) is 37.5 Å². The zero-order valence-corrected chi connectivity index (χ0v) is 35.9. The summed E-state index contributed by atoms with van der Waals surface area (Å²) in [4.78, 5) is 69.3. The van der Waals surface area contributed by atoms with E-state index < -0.39 is 35.3 Å². The van der Waals surface area contributed by atoms with Gasteiger partial charge in [0.2, 0.25) is 18.2 Å². The summed E-state index contributed by atoms with van der Waals surface area (Å²) in [6.07, 6.45) is 6.44. The Hall–Kier alpha value is -4.84. The SMILES string of the molecule is COC(=O)N[C@H](C(=O)N1C[C@@H]([S+](C)[O-])C[C@H]1c1ncc(-c2ccc(-c3ccc(-c4cnc([C@@H]5C[C@H](CS)CN5C(=O)[C@@H](COOC=N)C(C)C)[nH]4)cc3)cc2)[nH]1)C(C)C. The molecule has 3 amide bonds. The summed E-state index contributed by atoms with van der Waals surface area (Å²) in [5.74, 6) is 1.27. The highest BCUT2D eigenvalue weighted by atomic mass is 32.2. The Bertz CT molecular complexity index is 2060. The first kappa shape index (κ1) is 43.7. The Labute approximate surface area is 353 Å². The molecule has 17 heteroatoms. The Balaban J connectivity index is 1.14. The van der Waals surface area contributed by atoms with Crippen molar-refractivity contribution in [2.24, 2.45) is 23.7 Å². The fourth-order valence-electron chi connectivity index (χ4n) is 7.88. The number of imidazole rings is 2. The lowest BCUT2D eigenvalue weighted by Gasteiger charge is -2.29. The van der Waals surface area contributed by atoms with Gasteiger partial charge in [0.25, 0.3) is 0 Å². The maximum absolute atomic E-state index is 13.8. The molecule has 59 heavy (non-hydrogen) atoms. The summed E-state index contributed by atoms with van der Waals surface area (Å²) in [6, 6.07) is 14.9.